The number of aryl methyl sites for hydroxylation is 2. The summed E-state index contributed by atoms with van der Waals surface area (Å²) < 4.78 is 10.1. The third kappa shape index (κ3) is 6.88. The summed E-state index contributed by atoms with van der Waals surface area (Å²) in [6.07, 6.45) is 1.63. The highest BCUT2D eigenvalue weighted by Gasteiger charge is 2.22. The molecule has 0 unspecified atom stereocenters. The van der Waals surface area contributed by atoms with Gasteiger partial charge >= 0.3 is 5.69 Å². The van der Waals surface area contributed by atoms with Gasteiger partial charge in [-0.1, -0.05) is 49.4 Å². The van der Waals surface area contributed by atoms with E-state index in [1.165, 1.54) is 4.57 Å². The van der Waals surface area contributed by atoms with Crippen molar-refractivity contribution in [2.45, 2.75) is 45.8 Å². The standard InChI is InChI=1S/C30H40N6O4/c1-3-33(18-19-37)16-17-34-26(22-23-9-5-4-6-10-23)32-28-27(34)29(38)36(14-8-20-40-2)30(39)35(28)15-13-24-11-7-12-25(31)21-24/h4-7,9-12,21,37H,3,8,13-20,22,31H2,1-2H3. The molecule has 2 aromatic carbocycles. The molecule has 0 fully saturated rings. The van der Waals surface area contributed by atoms with E-state index < -0.39 is 0 Å². The van der Waals surface area contributed by atoms with Crippen LogP contribution < -0.4 is 17.0 Å². The molecule has 40 heavy (non-hydrogen) atoms. The molecule has 0 bridgehead atoms. The summed E-state index contributed by atoms with van der Waals surface area (Å²) in [6.45, 7) is 5.62. The average Bonchev–Trinajstić information content (AvgIpc) is 3.31. The molecule has 0 radical (unpaired) electrons. The largest absolute Gasteiger partial charge is 0.399 e. The molecule has 2 aromatic heterocycles. The Morgan fingerprint density at radius 3 is 2.42 bits per heavy atom. The van der Waals surface area contributed by atoms with Crippen LogP contribution in [0.3, 0.4) is 0 Å². The number of anilines is 1. The van der Waals surface area contributed by atoms with E-state index in [-0.39, 0.29) is 24.4 Å². The van der Waals surface area contributed by atoms with Crippen molar-refractivity contribution in [1.82, 2.24) is 23.6 Å². The van der Waals surface area contributed by atoms with Gasteiger partial charge in [-0.05, 0) is 42.6 Å². The molecule has 4 rings (SSSR count). The fraction of sp³-hybridized carbons (Fsp3) is 0.433. The van der Waals surface area contributed by atoms with Crippen molar-refractivity contribution in [2.75, 3.05) is 45.7 Å². The van der Waals surface area contributed by atoms with E-state index in [4.69, 9.17) is 15.5 Å². The fourth-order valence-corrected chi connectivity index (χ4v) is 5.06. The van der Waals surface area contributed by atoms with Crippen LogP contribution in [0.25, 0.3) is 11.2 Å². The average molecular weight is 549 g/mol. The van der Waals surface area contributed by atoms with Crippen LogP contribution in [0.2, 0.25) is 0 Å². The third-order valence-corrected chi connectivity index (χ3v) is 7.21. The van der Waals surface area contributed by atoms with Crippen LogP contribution in [0.5, 0.6) is 0 Å². The molecule has 0 aliphatic rings. The predicted octanol–water partition coefficient (Wildman–Crippen LogP) is 2.13. The number of ether oxygens (including phenoxy) is 1. The molecular formula is C30H40N6O4. The minimum absolute atomic E-state index is 0.0607. The highest BCUT2D eigenvalue weighted by Crippen LogP contribution is 2.17. The quantitative estimate of drug-likeness (QED) is 0.172. The Bertz CT molecular complexity index is 1510. The second-order valence-electron chi connectivity index (χ2n) is 9.90. The maximum atomic E-state index is 13.9. The molecule has 0 saturated carbocycles. The van der Waals surface area contributed by atoms with Crippen LogP contribution in [-0.2, 0) is 37.2 Å². The van der Waals surface area contributed by atoms with Gasteiger partial charge in [0, 0.05) is 58.5 Å². The molecule has 0 aliphatic heterocycles. The molecule has 10 nitrogen and oxygen atoms in total. The van der Waals surface area contributed by atoms with Crippen molar-refractivity contribution >= 4 is 16.9 Å². The molecule has 3 N–H and O–H groups in total. The minimum atomic E-state index is -0.371. The van der Waals surface area contributed by atoms with Crippen LogP contribution in [0.1, 0.15) is 30.3 Å². The Kier molecular flexibility index (Phi) is 10.3. The number of imidazole rings is 1. The number of aliphatic hydroxyl groups excluding tert-OH is 1. The Morgan fingerprint density at radius 1 is 0.950 bits per heavy atom. The Hall–Kier alpha value is -3.73. The number of hydrogen-bond donors (Lipinski definition) is 2. The number of nitrogens with zero attached hydrogens (tertiary/aromatic N) is 5. The van der Waals surface area contributed by atoms with Gasteiger partial charge in [-0.15, -0.1) is 0 Å². The zero-order valence-corrected chi connectivity index (χ0v) is 23.5. The van der Waals surface area contributed by atoms with E-state index in [2.05, 4.69) is 4.90 Å². The number of fused-ring (bicyclic) bond motifs is 1. The molecule has 0 amide bonds. The molecule has 4 aromatic rings. The second-order valence-corrected chi connectivity index (χ2v) is 9.90. The number of nitrogen functional groups attached to an aromatic ring is 1. The number of aliphatic hydroxyl groups is 1. The molecule has 0 saturated heterocycles. The summed E-state index contributed by atoms with van der Waals surface area (Å²) >= 11 is 0. The summed E-state index contributed by atoms with van der Waals surface area (Å²) in [6, 6.07) is 17.6. The molecule has 0 atom stereocenters. The molecule has 0 aliphatic carbocycles. The van der Waals surface area contributed by atoms with Crippen molar-refractivity contribution in [1.29, 1.82) is 0 Å². The van der Waals surface area contributed by atoms with E-state index in [0.717, 1.165) is 23.5 Å². The number of methoxy groups -OCH3 is 1. The van der Waals surface area contributed by atoms with Crippen LogP contribution in [0, 0.1) is 0 Å². The van der Waals surface area contributed by atoms with Crippen molar-refractivity contribution in [2.24, 2.45) is 0 Å². The van der Waals surface area contributed by atoms with Gasteiger partial charge in [0.2, 0.25) is 0 Å². The third-order valence-electron chi connectivity index (χ3n) is 7.21. The number of likely N-dealkylation sites (N-methyl/N-ethyl adjacent to an activating group) is 1. The fourth-order valence-electron chi connectivity index (χ4n) is 5.06. The highest BCUT2D eigenvalue weighted by atomic mass is 16.5. The Morgan fingerprint density at radius 2 is 1.73 bits per heavy atom. The van der Waals surface area contributed by atoms with E-state index in [9.17, 15) is 14.7 Å². The van der Waals surface area contributed by atoms with E-state index in [1.54, 1.807) is 11.7 Å². The maximum absolute atomic E-state index is 13.9. The van der Waals surface area contributed by atoms with E-state index in [1.807, 2.05) is 66.1 Å². The van der Waals surface area contributed by atoms with Crippen LogP contribution in [-0.4, -0.2) is 68.6 Å². The predicted molar refractivity (Wildman–Crippen MR) is 158 cm³/mol. The second kappa shape index (κ2) is 14.1. The van der Waals surface area contributed by atoms with Gasteiger partial charge in [0.05, 0.1) is 6.61 Å². The molecule has 0 spiro atoms. The van der Waals surface area contributed by atoms with Crippen LogP contribution in [0.15, 0.2) is 64.2 Å². The molecular weight excluding hydrogens is 508 g/mol. The number of rotatable bonds is 15. The van der Waals surface area contributed by atoms with E-state index in [0.29, 0.717) is 68.9 Å². The first-order chi connectivity index (χ1) is 19.5. The minimum Gasteiger partial charge on any atom is -0.399 e. The van der Waals surface area contributed by atoms with Crippen LogP contribution >= 0.6 is 0 Å². The van der Waals surface area contributed by atoms with Gasteiger partial charge in [0.1, 0.15) is 5.82 Å². The van der Waals surface area contributed by atoms with Gasteiger partial charge in [-0.2, -0.15) is 0 Å². The smallest absolute Gasteiger partial charge is 0.332 e. The van der Waals surface area contributed by atoms with Gasteiger partial charge < -0.3 is 20.1 Å². The molecule has 2 heterocycles. The van der Waals surface area contributed by atoms with Crippen molar-refractivity contribution in [3.8, 4) is 0 Å². The first-order valence-electron chi connectivity index (χ1n) is 13.9. The van der Waals surface area contributed by atoms with Gasteiger partial charge in [-0.25, -0.2) is 9.78 Å². The monoisotopic (exact) mass is 548 g/mol. The number of aromatic nitrogens is 4. The lowest BCUT2D eigenvalue weighted by Gasteiger charge is -2.20. The lowest BCUT2D eigenvalue weighted by atomic mass is 10.1. The number of hydrogen-bond acceptors (Lipinski definition) is 7. The zero-order chi connectivity index (χ0) is 28.5. The summed E-state index contributed by atoms with van der Waals surface area (Å²) in [5.74, 6) is 0.727. The molecule has 214 valence electrons. The van der Waals surface area contributed by atoms with Crippen molar-refractivity contribution in [3.05, 3.63) is 92.4 Å². The number of nitrogens with two attached hydrogens (primary N) is 1. The summed E-state index contributed by atoms with van der Waals surface area (Å²) in [4.78, 5) is 34.7. The summed E-state index contributed by atoms with van der Waals surface area (Å²) in [5.41, 5.74) is 8.84. The first kappa shape index (κ1) is 29.3. The maximum Gasteiger partial charge on any atom is 0.332 e. The lowest BCUT2D eigenvalue weighted by Crippen LogP contribution is -2.41. The van der Waals surface area contributed by atoms with Crippen molar-refractivity contribution in [3.63, 3.8) is 0 Å². The zero-order valence-electron chi connectivity index (χ0n) is 23.5. The number of benzene rings is 2. The normalized spacial score (nSPS) is 11.6. The van der Waals surface area contributed by atoms with Crippen LogP contribution in [0.4, 0.5) is 5.69 Å². The highest BCUT2D eigenvalue weighted by molar-refractivity contribution is 5.71. The Balaban J connectivity index is 1.86. The van der Waals surface area contributed by atoms with Gasteiger partial charge in [0.15, 0.2) is 11.2 Å². The van der Waals surface area contributed by atoms with Gasteiger partial charge in [-0.3, -0.25) is 18.8 Å². The topological polar surface area (TPSA) is 121 Å². The Labute approximate surface area is 234 Å². The SMILES string of the molecule is CCN(CCO)CCn1c(Cc2ccccc2)nc2c1c(=O)n(CCCOC)c(=O)n2CCc1cccc(N)c1. The van der Waals surface area contributed by atoms with Crippen molar-refractivity contribution < 1.29 is 9.84 Å². The molecule has 10 heteroatoms. The lowest BCUT2D eigenvalue weighted by molar-refractivity contribution is 0.189. The van der Waals surface area contributed by atoms with E-state index >= 15 is 0 Å². The van der Waals surface area contributed by atoms with Gasteiger partial charge in [0.25, 0.3) is 5.56 Å². The summed E-state index contributed by atoms with van der Waals surface area (Å²) in [5, 5.41) is 9.50. The first-order valence-corrected chi connectivity index (χ1v) is 13.9. The summed E-state index contributed by atoms with van der Waals surface area (Å²) in [7, 11) is 1.60.